The number of carbonyl (C=O) groups excluding carboxylic acids is 1. The van der Waals surface area contributed by atoms with Crippen molar-refractivity contribution in [3.63, 3.8) is 0 Å². The fourth-order valence-electron chi connectivity index (χ4n) is 2.16. The topological polar surface area (TPSA) is 54.9 Å². The van der Waals surface area contributed by atoms with E-state index < -0.39 is 0 Å². The van der Waals surface area contributed by atoms with Gasteiger partial charge in [0.15, 0.2) is 0 Å². The highest BCUT2D eigenvalue weighted by atomic mass is 35.5. The zero-order valence-corrected chi connectivity index (χ0v) is 16.8. The highest BCUT2D eigenvalue weighted by Gasteiger charge is 2.08. The number of halogens is 2. The van der Waals surface area contributed by atoms with Crippen LogP contribution in [0.2, 0.25) is 10.0 Å². The minimum absolute atomic E-state index is 0.0271. The number of amides is 1. The molecule has 0 spiro atoms. The second-order valence-corrected chi connectivity index (χ2v) is 8.14. The first kappa shape index (κ1) is 19.2. The molecule has 2 heterocycles. The number of carbonyl (C=O) groups is 1. The minimum Gasteiger partial charge on any atom is -0.349 e. The molecule has 0 aliphatic carbocycles. The molecule has 1 amide bonds. The summed E-state index contributed by atoms with van der Waals surface area (Å²) in [4.78, 5) is 20.5. The Morgan fingerprint density at radius 3 is 2.77 bits per heavy atom. The van der Waals surface area contributed by atoms with Crippen molar-refractivity contribution in [3.05, 3.63) is 68.7 Å². The van der Waals surface area contributed by atoms with E-state index in [0.29, 0.717) is 28.1 Å². The van der Waals surface area contributed by atoms with Gasteiger partial charge in [0.2, 0.25) is 5.91 Å². The van der Waals surface area contributed by atoms with Gasteiger partial charge in [0.1, 0.15) is 5.01 Å². The molecule has 0 saturated heterocycles. The fourth-order valence-corrected chi connectivity index (χ4v) is 4.32. The summed E-state index contributed by atoms with van der Waals surface area (Å²) in [6.07, 6.45) is 3.47. The van der Waals surface area contributed by atoms with Crippen LogP contribution in [0, 0.1) is 0 Å². The molecule has 2 aromatic heterocycles. The van der Waals surface area contributed by atoms with Gasteiger partial charge in [0.25, 0.3) is 0 Å². The molecule has 1 aromatic carbocycles. The minimum atomic E-state index is -0.0271. The van der Waals surface area contributed by atoms with E-state index in [0.717, 1.165) is 21.8 Å². The van der Waals surface area contributed by atoms with E-state index >= 15 is 0 Å². The van der Waals surface area contributed by atoms with Crippen molar-refractivity contribution in [2.24, 2.45) is 0 Å². The number of thiazole rings is 1. The summed E-state index contributed by atoms with van der Waals surface area (Å²) in [5, 5.41) is 6.98. The van der Waals surface area contributed by atoms with Gasteiger partial charge in [-0.15, -0.1) is 23.1 Å². The highest BCUT2D eigenvalue weighted by Crippen LogP contribution is 2.25. The molecule has 0 radical (unpaired) electrons. The van der Waals surface area contributed by atoms with Gasteiger partial charge in [-0.1, -0.05) is 29.3 Å². The van der Waals surface area contributed by atoms with Gasteiger partial charge in [-0.05, 0) is 29.8 Å². The van der Waals surface area contributed by atoms with E-state index in [9.17, 15) is 4.79 Å². The second kappa shape index (κ2) is 9.37. The molecule has 0 saturated carbocycles. The van der Waals surface area contributed by atoms with Crippen molar-refractivity contribution in [3.8, 4) is 11.3 Å². The lowest BCUT2D eigenvalue weighted by atomic mass is 10.2. The van der Waals surface area contributed by atoms with Gasteiger partial charge in [0.05, 0.1) is 18.0 Å². The number of nitrogens with one attached hydrogen (secondary N) is 1. The molecule has 0 aliphatic rings. The Morgan fingerprint density at radius 1 is 1.19 bits per heavy atom. The highest BCUT2D eigenvalue weighted by molar-refractivity contribution is 7.99. The summed E-state index contributed by atoms with van der Waals surface area (Å²) in [5.41, 5.74) is 2.88. The van der Waals surface area contributed by atoms with Gasteiger partial charge in [-0.25, -0.2) is 4.98 Å². The van der Waals surface area contributed by atoms with Crippen LogP contribution in [0.25, 0.3) is 11.3 Å². The van der Waals surface area contributed by atoms with Crippen LogP contribution in [0.5, 0.6) is 0 Å². The summed E-state index contributed by atoms with van der Waals surface area (Å²) in [7, 11) is 0. The molecule has 3 aromatic rings. The molecule has 1 N–H and O–H groups in total. The van der Waals surface area contributed by atoms with Gasteiger partial charge in [0, 0.05) is 39.1 Å². The maximum Gasteiger partial charge on any atom is 0.230 e. The van der Waals surface area contributed by atoms with Crippen LogP contribution in [-0.2, 0) is 17.1 Å². The van der Waals surface area contributed by atoms with E-state index in [2.05, 4.69) is 15.3 Å². The van der Waals surface area contributed by atoms with Gasteiger partial charge in [-0.3, -0.25) is 9.78 Å². The summed E-state index contributed by atoms with van der Waals surface area (Å²) < 4.78 is 0. The summed E-state index contributed by atoms with van der Waals surface area (Å²) in [6, 6.07) is 9.21. The summed E-state index contributed by atoms with van der Waals surface area (Å²) in [5.74, 6) is 0.995. The predicted octanol–water partition coefficient (Wildman–Crippen LogP) is 5.06. The molecule has 8 heteroatoms. The van der Waals surface area contributed by atoms with Crippen LogP contribution in [0.4, 0.5) is 0 Å². The smallest absolute Gasteiger partial charge is 0.230 e. The normalized spacial score (nSPS) is 10.7. The number of thioether (sulfide) groups is 1. The van der Waals surface area contributed by atoms with E-state index in [1.807, 2.05) is 23.6 Å². The Labute approximate surface area is 170 Å². The first-order valence-corrected chi connectivity index (χ1v) is 10.5. The lowest BCUT2D eigenvalue weighted by Gasteiger charge is -2.05. The second-order valence-electron chi connectivity index (χ2n) is 5.37. The number of aromatic nitrogens is 2. The van der Waals surface area contributed by atoms with Crippen molar-refractivity contribution < 1.29 is 4.79 Å². The van der Waals surface area contributed by atoms with Crippen molar-refractivity contribution in [2.45, 2.75) is 12.3 Å². The molecule has 134 valence electrons. The number of hydrogen-bond donors (Lipinski definition) is 1. The maximum absolute atomic E-state index is 12.0. The number of rotatable bonds is 7. The third-order valence-corrected chi connectivity index (χ3v) is 5.89. The molecule has 0 fully saturated rings. The molecule has 26 heavy (non-hydrogen) atoms. The summed E-state index contributed by atoms with van der Waals surface area (Å²) >= 11 is 15.0. The molecule has 4 nitrogen and oxygen atoms in total. The Morgan fingerprint density at radius 2 is 2.00 bits per heavy atom. The molecule has 0 atom stereocenters. The van der Waals surface area contributed by atoms with Gasteiger partial charge in [-0.2, -0.15) is 0 Å². The number of benzene rings is 1. The van der Waals surface area contributed by atoms with Crippen LogP contribution in [0.15, 0.2) is 48.1 Å². The van der Waals surface area contributed by atoms with Gasteiger partial charge >= 0.3 is 0 Å². The number of nitrogens with zero attached hydrogens (tertiary/aromatic N) is 2. The first-order valence-electron chi connectivity index (χ1n) is 7.75. The van der Waals surface area contributed by atoms with Crippen molar-refractivity contribution in [1.82, 2.24) is 15.3 Å². The lowest BCUT2D eigenvalue weighted by Crippen LogP contribution is -2.24. The average molecular weight is 424 g/mol. The molecular weight excluding hydrogens is 409 g/mol. The average Bonchev–Trinajstić information content (AvgIpc) is 3.12. The van der Waals surface area contributed by atoms with E-state index in [1.165, 1.54) is 23.1 Å². The Kier molecular flexibility index (Phi) is 6.91. The first-order chi connectivity index (χ1) is 12.6. The third kappa shape index (κ3) is 5.45. The number of hydrogen-bond acceptors (Lipinski definition) is 5. The third-order valence-electron chi connectivity index (χ3n) is 3.47. The molecular formula is C18H15Cl2N3OS2. The quantitative estimate of drug-likeness (QED) is 0.576. The molecule has 0 aliphatic heterocycles. The fraction of sp³-hybridized carbons (Fsp3) is 0.167. The van der Waals surface area contributed by atoms with Crippen LogP contribution < -0.4 is 5.32 Å². The molecule has 3 rings (SSSR count). The van der Waals surface area contributed by atoms with Crippen molar-refractivity contribution in [1.29, 1.82) is 0 Å². The monoisotopic (exact) mass is 423 g/mol. The standard InChI is InChI=1S/C18H15Cl2N3OS2/c19-14-2-1-13(15(20)7-14)9-25-11-17(24)22-8-18-23-16(10-26-18)12-3-5-21-6-4-12/h1-7,10H,8-9,11H2,(H,22,24). The Balaban J connectivity index is 1.44. The number of pyridine rings is 1. The van der Waals surface area contributed by atoms with Crippen molar-refractivity contribution in [2.75, 3.05) is 5.75 Å². The van der Waals surface area contributed by atoms with Crippen LogP contribution >= 0.6 is 46.3 Å². The largest absolute Gasteiger partial charge is 0.349 e. The zero-order chi connectivity index (χ0) is 18.4. The van der Waals surface area contributed by atoms with Crippen molar-refractivity contribution >= 4 is 52.2 Å². The zero-order valence-electron chi connectivity index (χ0n) is 13.6. The van der Waals surface area contributed by atoms with E-state index in [-0.39, 0.29) is 5.91 Å². The maximum atomic E-state index is 12.0. The summed E-state index contributed by atoms with van der Waals surface area (Å²) in [6.45, 7) is 0.427. The Bertz CT molecular complexity index is 887. The van der Waals surface area contributed by atoms with E-state index in [4.69, 9.17) is 23.2 Å². The predicted molar refractivity (Wildman–Crippen MR) is 110 cm³/mol. The molecule has 0 unspecified atom stereocenters. The van der Waals surface area contributed by atoms with E-state index in [1.54, 1.807) is 24.5 Å². The van der Waals surface area contributed by atoms with Crippen LogP contribution in [0.3, 0.4) is 0 Å². The van der Waals surface area contributed by atoms with Crippen LogP contribution in [-0.4, -0.2) is 21.6 Å². The SMILES string of the molecule is O=C(CSCc1ccc(Cl)cc1Cl)NCc1nc(-c2ccncc2)cs1. The molecule has 0 bridgehead atoms. The Hall–Kier alpha value is -1.60. The van der Waals surface area contributed by atoms with Gasteiger partial charge < -0.3 is 5.32 Å². The lowest BCUT2D eigenvalue weighted by molar-refractivity contribution is -0.118. The van der Waals surface area contributed by atoms with Crippen LogP contribution in [0.1, 0.15) is 10.6 Å².